The summed E-state index contributed by atoms with van der Waals surface area (Å²) in [7, 11) is 3.02. The van der Waals surface area contributed by atoms with E-state index < -0.39 is 11.7 Å². The molecule has 2 aromatic carbocycles. The minimum absolute atomic E-state index is 0.0473. The van der Waals surface area contributed by atoms with Gasteiger partial charge in [-0.05, 0) is 37.1 Å². The number of nitrogen functional groups attached to an aromatic ring is 1. The summed E-state index contributed by atoms with van der Waals surface area (Å²) in [5.74, 6) is 1.45. The molecule has 9 nitrogen and oxygen atoms in total. The maximum atomic E-state index is 13.3. The quantitative estimate of drug-likeness (QED) is 0.430. The number of nitrogens with zero attached hydrogens (tertiary/aromatic N) is 3. The number of halogens is 3. The first-order chi connectivity index (χ1) is 17.1. The van der Waals surface area contributed by atoms with Gasteiger partial charge in [0.05, 0.1) is 25.3 Å². The molecule has 1 amide bonds. The summed E-state index contributed by atoms with van der Waals surface area (Å²) in [6.07, 6.45) is -2.92. The maximum Gasteiger partial charge on any atom is 0.416 e. The smallest absolute Gasteiger partial charge is 0.416 e. The Balaban J connectivity index is 1.80. The van der Waals surface area contributed by atoms with E-state index in [0.717, 1.165) is 25.0 Å². The van der Waals surface area contributed by atoms with Crippen LogP contribution in [0, 0.1) is 0 Å². The average molecular weight is 505 g/mol. The SMILES string of the molecule is COc1cc2nc(Nc3cc(N)cc(C(F)(F)F)c3)nc(N3CCCC(NC(C)=O)C3)c2cc1OC. The fourth-order valence-electron chi connectivity index (χ4n) is 4.33. The number of rotatable bonds is 6. The number of alkyl halides is 3. The van der Waals surface area contributed by atoms with Gasteiger partial charge >= 0.3 is 6.18 Å². The van der Waals surface area contributed by atoms with Crippen molar-refractivity contribution in [3.05, 3.63) is 35.9 Å². The second kappa shape index (κ2) is 9.96. The van der Waals surface area contributed by atoms with E-state index in [0.29, 0.717) is 41.3 Å². The molecular formula is C24H27F3N6O3. The van der Waals surface area contributed by atoms with Gasteiger partial charge in [0, 0.05) is 48.9 Å². The second-order valence-electron chi connectivity index (χ2n) is 8.55. The van der Waals surface area contributed by atoms with Gasteiger partial charge in [-0.15, -0.1) is 0 Å². The zero-order valence-electron chi connectivity index (χ0n) is 20.1. The Morgan fingerprint density at radius 1 is 1.11 bits per heavy atom. The van der Waals surface area contributed by atoms with E-state index in [2.05, 4.69) is 20.6 Å². The van der Waals surface area contributed by atoms with Crippen LogP contribution in [0.25, 0.3) is 10.9 Å². The first-order valence-electron chi connectivity index (χ1n) is 11.3. The van der Waals surface area contributed by atoms with Gasteiger partial charge < -0.3 is 30.7 Å². The van der Waals surface area contributed by atoms with Gasteiger partial charge in [-0.2, -0.15) is 18.2 Å². The van der Waals surface area contributed by atoms with Crippen molar-refractivity contribution in [2.45, 2.75) is 32.0 Å². The molecule has 192 valence electrons. The van der Waals surface area contributed by atoms with E-state index in [1.165, 1.54) is 27.2 Å². The van der Waals surface area contributed by atoms with Gasteiger partial charge in [-0.1, -0.05) is 0 Å². The minimum atomic E-state index is -4.56. The van der Waals surface area contributed by atoms with Crippen molar-refractivity contribution in [2.75, 3.05) is 43.3 Å². The third kappa shape index (κ3) is 5.47. The molecular weight excluding hydrogens is 477 g/mol. The lowest BCUT2D eigenvalue weighted by molar-refractivity contribution is -0.137. The molecule has 1 aliphatic rings. The number of nitrogens with one attached hydrogen (secondary N) is 2. The highest BCUT2D eigenvalue weighted by molar-refractivity contribution is 5.93. The number of aromatic nitrogens is 2. The fraction of sp³-hybridized carbons (Fsp3) is 0.375. The van der Waals surface area contributed by atoms with Gasteiger partial charge in [0.2, 0.25) is 11.9 Å². The summed E-state index contributed by atoms with van der Waals surface area (Å²) in [6.45, 7) is 2.65. The summed E-state index contributed by atoms with van der Waals surface area (Å²) in [6, 6.07) is 6.57. The van der Waals surface area contributed by atoms with Crippen LogP contribution in [0.4, 0.5) is 36.3 Å². The molecule has 0 spiro atoms. The van der Waals surface area contributed by atoms with Crippen LogP contribution in [0.2, 0.25) is 0 Å². The summed E-state index contributed by atoms with van der Waals surface area (Å²) in [4.78, 5) is 22.8. The molecule has 4 N–H and O–H groups in total. The Morgan fingerprint density at radius 2 is 1.83 bits per heavy atom. The van der Waals surface area contributed by atoms with Crippen LogP contribution in [0.1, 0.15) is 25.3 Å². The van der Waals surface area contributed by atoms with Crippen LogP contribution in [0.15, 0.2) is 30.3 Å². The number of fused-ring (bicyclic) bond motifs is 1. The average Bonchev–Trinajstić information content (AvgIpc) is 2.81. The predicted molar refractivity (Wildman–Crippen MR) is 131 cm³/mol. The van der Waals surface area contributed by atoms with Crippen molar-refractivity contribution in [1.82, 2.24) is 15.3 Å². The lowest BCUT2D eigenvalue weighted by Gasteiger charge is -2.34. The van der Waals surface area contributed by atoms with Crippen molar-refractivity contribution < 1.29 is 27.4 Å². The number of piperidine rings is 1. The Bertz CT molecular complexity index is 1280. The number of carbonyl (C=O) groups is 1. The van der Waals surface area contributed by atoms with E-state index in [9.17, 15) is 18.0 Å². The van der Waals surface area contributed by atoms with E-state index in [-0.39, 0.29) is 29.3 Å². The highest BCUT2D eigenvalue weighted by Crippen LogP contribution is 2.38. The number of benzene rings is 2. The summed E-state index contributed by atoms with van der Waals surface area (Å²) < 4.78 is 50.8. The third-order valence-corrected chi connectivity index (χ3v) is 5.85. The fourth-order valence-corrected chi connectivity index (χ4v) is 4.33. The highest BCUT2D eigenvalue weighted by Gasteiger charge is 2.31. The first kappa shape index (κ1) is 25.1. The van der Waals surface area contributed by atoms with Gasteiger partial charge in [0.25, 0.3) is 0 Å². The number of methoxy groups -OCH3 is 2. The molecule has 0 radical (unpaired) electrons. The van der Waals surface area contributed by atoms with Crippen molar-refractivity contribution >= 4 is 40.0 Å². The second-order valence-corrected chi connectivity index (χ2v) is 8.55. The molecule has 4 rings (SSSR count). The van der Waals surface area contributed by atoms with Crippen LogP contribution >= 0.6 is 0 Å². The van der Waals surface area contributed by atoms with Crippen molar-refractivity contribution in [3.63, 3.8) is 0 Å². The normalized spacial score (nSPS) is 16.1. The summed E-state index contributed by atoms with van der Waals surface area (Å²) in [5, 5.41) is 6.49. The van der Waals surface area contributed by atoms with Crippen LogP contribution in [-0.4, -0.2) is 49.2 Å². The number of carbonyl (C=O) groups excluding carboxylic acids is 1. The molecule has 1 fully saturated rings. The molecule has 3 aromatic rings. The van der Waals surface area contributed by atoms with Crippen LogP contribution in [0.5, 0.6) is 11.5 Å². The molecule has 1 unspecified atom stereocenters. The topological polar surface area (TPSA) is 115 Å². The Morgan fingerprint density at radius 3 is 2.50 bits per heavy atom. The lowest BCUT2D eigenvalue weighted by atomic mass is 10.0. The zero-order valence-corrected chi connectivity index (χ0v) is 20.1. The number of ether oxygens (including phenoxy) is 2. The van der Waals surface area contributed by atoms with Crippen molar-refractivity contribution in [3.8, 4) is 11.5 Å². The molecule has 0 bridgehead atoms. The standard InChI is InChI=1S/C24H27F3N6O3/c1-13(34)29-16-5-4-6-33(12-16)22-18-10-20(35-2)21(36-3)11-19(18)31-23(32-22)30-17-8-14(24(25,26)27)7-15(28)9-17/h7-11,16H,4-6,12,28H2,1-3H3,(H,29,34)(H,30,31,32). The Hall–Kier alpha value is -3.96. The molecule has 0 saturated carbocycles. The maximum absolute atomic E-state index is 13.3. The molecule has 1 aromatic heterocycles. The monoisotopic (exact) mass is 504 g/mol. The predicted octanol–water partition coefficient (Wildman–Crippen LogP) is 4.10. The minimum Gasteiger partial charge on any atom is -0.493 e. The molecule has 12 heteroatoms. The van der Waals surface area contributed by atoms with Crippen LogP contribution < -0.4 is 30.7 Å². The number of amides is 1. The molecule has 36 heavy (non-hydrogen) atoms. The van der Waals surface area contributed by atoms with E-state index in [1.807, 2.05) is 4.90 Å². The van der Waals surface area contributed by atoms with Gasteiger partial charge in [-0.25, -0.2) is 4.98 Å². The van der Waals surface area contributed by atoms with E-state index in [1.54, 1.807) is 12.1 Å². The molecule has 0 aliphatic carbocycles. The van der Waals surface area contributed by atoms with E-state index >= 15 is 0 Å². The lowest BCUT2D eigenvalue weighted by Crippen LogP contribution is -2.47. The van der Waals surface area contributed by atoms with Crippen molar-refractivity contribution in [2.24, 2.45) is 0 Å². The Kier molecular flexibility index (Phi) is 6.95. The zero-order chi connectivity index (χ0) is 26.0. The molecule has 2 heterocycles. The Labute approximate surface area is 205 Å². The largest absolute Gasteiger partial charge is 0.493 e. The first-order valence-corrected chi connectivity index (χ1v) is 11.3. The van der Waals surface area contributed by atoms with Gasteiger partial charge in [-0.3, -0.25) is 4.79 Å². The number of hydrogen-bond donors (Lipinski definition) is 3. The number of nitrogens with two attached hydrogens (primary N) is 1. The molecule has 1 aliphatic heterocycles. The summed E-state index contributed by atoms with van der Waals surface area (Å²) in [5.41, 5.74) is 5.39. The van der Waals surface area contributed by atoms with Gasteiger partial charge in [0.1, 0.15) is 5.82 Å². The van der Waals surface area contributed by atoms with Gasteiger partial charge in [0.15, 0.2) is 11.5 Å². The molecule has 1 atom stereocenters. The summed E-state index contributed by atoms with van der Waals surface area (Å²) >= 11 is 0. The van der Waals surface area contributed by atoms with E-state index in [4.69, 9.17) is 15.2 Å². The van der Waals surface area contributed by atoms with Crippen molar-refractivity contribution in [1.29, 1.82) is 0 Å². The highest BCUT2D eigenvalue weighted by atomic mass is 19.4. The van der Waals surface area contributed by atoms with Crippen LogP contribution in [-0.2, 0) is 11.0 Å². The molecule has 1 saturated heterocycles. The third-order valence-electron chi connectivity index (χ3n) is 5.85. The van der Waals surface area contributed by atoms with Crippen LogP contribution in [0.3, 0.4) is 0 Å². The number of hydrogen-bond acceptors (Lipinski definition) is 8. The number of anilines is 4.